The van der Waals surface area contributed by atoms with Gasteiger partial charge in [-0.3, -0.25) is 4.98 Å². The molecule has 0 amide bonds. The minimum Gasteiger partial charge on any atom is -0.490 e. The summed E-state index contributed by atoms with van der Waals surface area (Å²) in [5.41, 5.74) is 2.32. The van der Waals surface area contributed by atoms with Crippen molar-refractivity contribution in [1.29, 1.82) is 0 Å². The molecule has 1 aliphatic heterocycles. The van der Waals surface area contributed by atoms with Crippen LogP contribution in [0.3, 0.4) is 0 Å². The van der Waals surface area contributed by atoms with Gasteiger partial charge in [0, 0.05) is 29.0 Å². The number of ether oxygens (including phenoxy) is 2. The van der Waals surface area contributed by atoms with Gasteiger partial charge in [-0.15, -0.1) is 0 Å². The predicted octanol–water partition coefficient (Wildman–Crippen LogP) is 7.10. The lowest BCUT2D eigenvalue weighted by atomic mass is 10.0. The minimum atomic E-state index is -0.369. The number of methoxy groups -OCH3 is 1. The largest absolute Gasteiger partial charge is 0.490 e. The summed E-state index contributed by atoms with van der Waals surface area (Å²) in [6.45, 7) is 0.842. The Bertz CT molecular complexity index is 1420. The monoisotopic (exact) mass is 601 g/mol. The Morgan fingerprint density at radius 2 is 2.00 bits per heavy atom. The average Bonchev–Trinajstić information content (AvgIpc) is 3.50. The number of hydrogen-bond donors (Lipinski definition) is 1. The molecule has 5 rings (SSSR count). The van der Waals surface area contributed by atoms with Crippen LogP contribution in [-0.4, -0.2) is 30.4 Å². The van der Waals surface area contributed by atoms with E-state index in [0.717, 1.165) is 16.9 Å². The Hall–Kier alpha value is -2.98. The van der Waals surface area contributed by atoms with Crippen LogP contribution >= 0.6 is 39.7 Å². The van der Waals surface area contributed by atoms with Crippen LogP contribution in [0.2, 0.25) is 5.02 Å². The third kappa shape index (κ3) is 5.36. The van der Waals surface area contributed by atoms with Crippen LogP contribution in [0.15, 0.2) is 81.8 Å². The first-order valence-corrected chi connectivity index (χ1v) is 13.0. The molecule has 0 aliphatic carbocycles. The number of thiocarbonyl (C=S) groups is 1. The second kappa shape index (κ2) is 11.2. The molecule has 0 saturated carbocycles. The topological polar surface area (TPSA) is 59.8 Å². The number of hydrogen-bond acceptors (Lipinski definition) is 5. The SMILES string of the molecule is COCCOc1ccc(N2C(=S)NC(c3ccccn3)C2c2ccc(-c3ccc(F)cc3Br)o2)cc1Cl. The van der Waals surface area contributed by atoms with Gasteiger partial charge < -0.3 is 24.1 Å². The van der Waals surface area contributed by atoms with Crippen LogP contribution in [0.5, 0.6) is 5.75 Å². The van der Waals surface area contributed by atoms with E-state index < -0.39 is 0 Å². The fourth-order valence-electron chi connectivity index (χ4n) is 4.26. The molecule has 37 heavy (non-hydrogen) atoms. The van der Waals surface area contributed by atoms with E-state index in [0.29, 0.717) is 45.1 Å². The second-order valence-corrected chi connectivity index (χ2v) is 9.93. The molecule has 2 aromatic heterocycles. The summed E-state index contributed by atoms with van der Waals surface area (Å²) in [4.78, 5) is 6.52. The number of halogens is 3. The minimum absolute atomic E-state index is 0.291. The highest BCUT2D eigenvalue weighted by molar-refractivity contribution is 9.10. The Kier molecular flexibility index (Phi) is 7.76. The standard InChI is InChI=1S/C27H22BrClFN3O3S/c1-34-12-13-35-23-8-6-17(15-20(23)29)33-26(25(32-27(33)37)21-4-2-3-11-31-21)24-10-9-22(36-24)18-7-5-16(30)14-19(18)28/h2-11,14-15,25-26H,12-13H2,1H3,(H,32,37). The molecule has 1 fully saturated rings. The number of benzene rings is 2. The van der Waals surface area contributed by atoms with E-state index >= 15 is 0 Å². The smallest absolute Gasteiger partial charge is 0.174 e. The van der Waals surface area contributed by atoms with Gasteiger partial charge in [-0.2, -0.15) is 0 Å². The molecule has 10 heteroatoms. The van der Waals surface area contributed by atoms with E-state index in [9.17, 15) is 4.39 Å². The third-order valence-electron chi connectivity index (χ3n) is 5.95. The number of nitrogens with one attached hydrogen (secondary N) is 1. The summed E-state index contributed by atoms with van der Waals surface area (Å²) in [5, 5.41) is 4.35. The Morgan fingerprint density at radius 1 is 1.14 bits per heavy atom. The van der Waals surface area contributed by atoms with Gasteiger partial charge in [0.15, 0.2) is 5.11 Å². The van der Waals surface area contributed by atoms with E-state index in [-0.39, 0.29) is 17.9 Å². The predicted molar refractivity (Wildman–Crippen MR) is 149 cm³/mol. The maximum Gasteiger partial charge on any atom is 0.174 e. The molecular weight excluding hydrogens is 581 g/mol. The molecule has 2 atom stereocenters. The second-order valence-electron chi connectivity index (χ2n) is 8.28. The van der Waals surface area contributed by atoms with Crippen LogP contribution in [-0.2, 0) is 4.74 Å². The fourth-order valence-corrected chi connectivity index (χ4v) is 5.38. The molecule has 2 aromatic carbocycles. The molecule has 2 unspecified atom stereocenters. The maximum absolute atomic E-state index is 13.7. The van der Waals surface area contributed by atoms with Gasteiger partial charge in [-0.05, 0) is 88.8 Å². The van der Waals surface area contributed by atoms with Crippen molar-refractivity contribution in [3.05, 3.63) is 99.7 Å². The number of furan rings is 1. The molecular formula is C27H22BrClFN3O3S. The first-order chi connectivity index (χ1) is 18.0. The van der Waals surface area contributed by atoms with Gasteiger partial charge in [0.25, 0.3) is 0 Å². The van der Waals surface area contributed by atoms with Gasteiger partial charge in [0.1, 0.15) is 35.7 Å². The Morgan fingerprint density at radius 3 is 2.73 bits per heavy atom. The van der Waals surface area contributed by atoms with E-state index in [4.69, 9.17) is 37.7 Å². The summed E-state index contributed by atoms with van der Waals surface area (Å²) < 4.78 is 31.4. The lowest BCUT2D eigenvalue weighted by Gasteiger charge is -2.26. The first kappa shape index (κ1) is 25.7. The summed E-state index contributed by atoms with van der Waals surface area (Å²) in [6.07, 6.45) is 1.74. The van der Waals surface area contributed by atoms with E-state index in [1.54, 1.807) is 19.4 Å². The molecule has 0 bridgehead atoms. The Labute approximate surface area is 232 Å². The summed E-state index contributed by atoms with van der Waals surface area (Å²) >= 11 is 15.8. The highest BCUT2D eigenvalue weighted by atomic mass is 79.9. The molecule has 0 radical (unpaired) electrons. The molecule has 1 saturated heterocycles. The van der Waals surface area contributed by atoms with Crippen LogP contribution in [0, 0.1) is 5.82 Å². The zero-order valence-corrected chi connectivity index (χ0v) is 22.8. The fraction of sp³-hybridized carbons (Fsp3) is 0.185. The number of aromatic nitrogens is 1. The van der Waals surface area contributed by atoms with Crippen molar-refractivity contribution >= 4 is 50.5 Å². The lowest BCUT2D eigenvalue weighted by molar-refractivity contribution is 0.146. The average molecular weight is 603 g/mol. The highest BCUT2D eigenvalue weighted by Gasteiger charge is 2.42. The van der Waals surface area contributed by atoms with Crippen LogP contribution in [0.25, 0.3) is 11.3 Å². The van der Waals surface area contributed by atoms with E-state index in [1.807, 2.05) is 53.4 Å². The van der Waals surface area contributed by atoms with Crippen LogP contribution < -0.4 is 15.0 Å². The van der Waals surface area contributed by atoms with Crippen LogP contribution in [0.1, 0.15) is 23.5 Å². The van der Waals surface area contributed by atoms with Gasteiger partial charge in [0.2, 0.25) is 0 Å². The molecule has 190 valence electrons. The molecule has 1 aliphatic rings. The Balaban J connectivity index is 1.54. The highest BCUT2D eigenvalue weighted by Crippen LogP contribution is 2.44. The van der Waals surface area contributed by atoms with E-state index in [1.165, 1.54) is 12.1 Å². The van der Waals surface area contributed by atoms with Crippen molar-refractivity contribution in [2.24, 2.45) is 0 Å². The first-order valence-electron chi connectivity index (χ1n) is 11.4. The van der Waals surface area contributed by atoms with Crippen molar-refractivity contribution < 1.29 is 18.3 Å². The van der Waals surface area contributed by atoms with Gasteiger partial charge in [0.05, 0.1) is 23.4 Å². The molecule has 1 N–H and O–H groups in total. The third-order valence-corrected chi connectivity index (χ3v) is 7.22. The van der Waals surface area contributed by atoms with Gasteiger partial charge in [-0.25, -0.2) is 4.39 Å². The number of rotatable bonds is 8. The normalized spacial score (nSPS) is 17.2. The van der Waals surface area contributed by atoms with Crippen molar-refractivity contribution in [1.82, 2.24) is 10.3 Å². The van der Waals surface area contributed by atoms with Gasteiger partial charge >= 0.3 is 0 Å². The van der Waals surface area contributed by atoms with Crippen molar-refractivity contribution in [2.45, 2.75) is 12.1 Å². The zero-order chi connectivity index (χ0) is 25.9. The number of anilines is 1. The summed E-state index contributed by atoms with van der Waals surface area (Å²) in [5.74, 6) is 1.48. The number of pyridine rings is 1. The van der Waals surface area contributed by atoms with Crippen molar-refractivity contribution in [2.75, 3.05) is 25.2 Å². The summed E-state index contributed by atoms with van der Waals surface area (Å²) in [6, 6.07) is 18.8. The zero-order valence-electron chi connectivity index (χ0n) is 19.7. The molecule has 4 aromatic rings. The van der Waals surface area contributed by atoms with Crippen LogP contribution in [0.4, 0.5) is 10.1 Å². The van der Waals surface area contributed by atoms with Gasteiger partial charge in [-0.1, -0.05) is 17.7 Å². The van der Waals surface area contributed by atoms with Crippen molar-refractivity contribution in [3.8, 4) is 17.1 Å². The molecule has 3 heterocycles. The van der Waals surface area contributed by atoms with Crippen molar-refractivity contribution in [3.63, 3.8) is 0 Å². The molecule has 6 nitrogen and oxygen atoms in total. The molecule has 0 spiro atoms. The lowest BCUT2D eigenvalue weighted by Crippen LogP contribution is -2.29. The quantitative estimate of drug-likeness (QED) is 0.171. The number of nitrogens with zero attached hydrogens (tertiary/aromatic N) is 2. The van der Waals surface area contributed by atoms with E-state index in [2.05, 4.69) is 26.2 Å². The maximum atomic E-state index is 13.7. The summed E-state index contributed by atoms with van der Waals surface area (Å²) in [7, 11) is 1.61.